The van der Waals surface area contributed by atoms with Gasteiger partial charge in [0.25, 0.3) is 0 Å². The van der Waals surface area contributed by atoms with E-state index in [1.807, 2.05) is 0 Å². The summed E-state index contributed by atoms with van der Waals surface area (Å²) >= 11 is 0. The van der Waals surface area contributed by atoms with E-state index < -0.39 is 0 Å². The Bertz CT molecular complexity index is 232. The maximum absolute atomic E-state index is 11.9. The van der Waals surface area contributed by atoms with Crippen LogP contribution in [-0.4, -0.2) is 42.9 Å². The summed E-state index contributed by atoms with van der Waals surface area (Å²) in [5, 5.41) is 3.39. The Labute approximate surface area is 98.6 Å². The van der Waals surface area contributed by atoms with Crippen LogP contribution in [0.4, 0.5) is 0 Å². The van der Waals surface area contributed by atoms with Gasteiger partial charge in [0.05, 0.1) is 6.54 Å². The first kappa shape index (κ1) is 12.1. The molecule has 16 heavy (non-hydrogen) atoms. The zero-order valence-electron chi connectivity index (χ0n) is 10.4. The normalized spacial score (nSPS) is 22.6. The number of carbonyl (C=O) groups is 1. The van der Waals surface area contributed by atoms with Crippen molar-refractivity contribution in [1.29, 1.82) is 0 Å². The Balaban J connectivity index is 1.84. The molecule has 0 bridgehead atoms. The Morgan fingerprint density at radius 2 is 1.94 bits per heavy atom. The molecule has 2 fully saturated rings. The summed E-state index contributed by atoms with van der Waals surface area (Å²) in [7, 11) is 0. The summed E-state index contributed by atoms with van der Waals surface area (Å²) in [6, 6.07) is 0.642. The lowest BCUT2D eigenvalue weighted by Crippen LogP contribution is -2.45. The van der Waals surface area contributed by atoms with Gasteiger partial charge in [-0.05, 0) is 51.7 Å². The van der Waals surface area contributed by atoms with Crippen LogP contribution in [0.2, 0.25) is 0 Å². The highest BCUT2D eigenvalue weighted by Crippen LogP contribution is 2.30. The lowest BCUT2D eigenvalue weighted by Gasteiger charge is -2.34. The van der Waals surface area contributed by atoms with E-state index in [1.54, 1.807) is 0 Å². The van der Waals surface area contributed by atoms with Crippen LogP contribution < -0.4 is 5.32 Å². The van der Waals surface area contributed by atoms with Gasteiger partial charge in [0.2, 0.25) is 0 Å². The van der Waals surface area contributed by atoms with Gasteiger partial charge in [-0.3, -0.25) is 9.69 Å². The van der Waals surface area contributed by atoms with E-state index in [-0.39, 0.29) is 0 Å². The summed E-state index contributed by atoms with van der Waals surface area (Å²) in [4.78, 5) is 14.3. The molecule has 1 N–H and O–H groups in total. The Morgan fingerprint density at radius 3 is 2.50 bits per heavy atom. The monoisotopic (exact) mass is 224 g/mol. The minimum Gasteiger partial charge on any atom is -0.317 e. The largest absolute Gasteiger partial charge is 0.317 e. The van der Waals surface area contributed by atoms with E-state index in [9.17, 15) is 4.79 Å². The first-order valence-corrected chi connectivity index (χ1v) is 6.78. The molecule has 0 unspecified atom stereocenters. The quantitative estimate of drug-likeness (QED) is 0.741. The molecule has 1 heterocycles. The van der Waals surface area contributed by atoms with Crippen LogP contribution in [-0.2, 0) is 4.79 Å². The van der Waals surface area contributed by atoms with Gasteiger partial charge in [-0.25, -0.2) is 0 Å². The van der Waals surface area contributed by atoms with Crippen molar-refractivity contribution in [2.45, 2.75) is 45.1 Å². The second-order valence-electron chi connectivity index (χ2n) is 5.19. The molecule has 0 aromatic carbocycles. The maximum atomic E-state index is 11.9. The molecule has 0 amide bonds. The van der Waals surface area contributed by atoms with Crippen LogP contribution >= 0.6 is 0 Å². The van der Waals surface area contributed by atoms with Gasteiger partial charge in [0.1, 0.15) is 5.78 Å². The Morgan fingerprint density at radius 1 is 1.25 bits per heavy atom. The fourth-order valence-corrected chi connectivity index (χ4v) is 2.58. The number of nitrogens with zero attached hydrogens (tertiary/aromatic N) is 1. The van der Waals surface area contributed by atoms with Crippen molar-refractivity contribution in [2.75, 3.05) is 26.2 Å². The molecule has 1 saturated heterocycles. The van der Waals surface area contributed by atoms with Gasteiger partial charge in [0.15, 0.2) is 0 Å². The highest BCUT2D eigenvalue weighted by atomic mass is 16.1. The zero-order valence-corrected chi connectivity index (χ0v) is 10.4. The maximum Gasteiger partial charge on any atom is 0.149 e. The average molecular weight is 224 g/mol. The summed E-state index contributed by atoms with van der Waals surface area (Å²) in [5.41, 5.74) is 0. The Kier molecular flexibility index (Phi) is 4.36. The number of nitrogens with one attached hydrogen (secondary N) is 1. The molecule has 0 spiro atoms. The molecule has 1 aliphatic heterocycles. The molecular weight excluding hydrogens is 200 g/mol. The van der Waals surface area contributed by atoms with Crippen molar-refractivity contribution < 1.29 is 4.79 Å². The minimum atomic E-state index is 0.418. The summed E-state index contributed by atoms with van der Waals surface area (Å²) in [5.74, 6) is 0.910. The second kappa shape index (κ2) is 5.78. The predicted octanol–water partition coefficient (Wildman–Crippen LogP) is 1.43. The minimum absolute atomic E-state index is 0.418. The van der Waals surface area contributed by atoms with E-state index in [2.05, 4.69) is 17.1 Å². The van der Waals surface area contributed by atoms with Crippen LogP contribution in [0.3, 0.4) is 0 Å². The number of hydrogen-bond donors (Lipinski definition) is 1. The van der Waals surface area contributed by atoms with E-state index in [1.165, 1.54) is 12.8 Å². The molecule has 1 aliphatic carbocycles. The summed E-state index contributed by atoms with van der Waals surface area (Å²) < 4.78 is 0. The molecule has 1 saturated carbocycles. The number of Topliss-reactive ketones (excluding diaryl/α,β-unsaturated/α-hetero) is 1. The number of ketones is 1. The number of piperidine rings is 1. The molecule has 2 rings (SSSR count). The van der Waals surface area contributed by atoms with Crippen molar-refractivity contribution in [3.8, 4) is 0 Å². The van der Waals surface area contributed by atoms with Crippen molar-refractivity contribution >= 4 is 5.78 Å². The first-order valence-electron chi connectivity index (χ1n) is 6.78. The SMILES string of the molecule is CCCN(CC(=O)C1CC1)C1CCNCC1. The third kappa shape index (κ3) is 3.29. The van der Waals surface area contributed by atoms with Gasteiger partial charge in [-0.15, -0.1) is 0 Å². The van der Waals surface area contributed by atoms with E-state index in [4.69, 9.17) is 0 Å². The van der Waals surface area contributed by atoms with Crippen LogP contribution in [0.25, 0.3) is 0 Å². The molecule has 0 aromatic heterocycles. The smallest absolute Gasteiger partial charge is 0.149 e. The molecule has 0 radical (unpaired) electrons. The van der Waals surface area contributed by atoms with Gasteiger partial charge in [0, 0.05) is 12.0 Å². The fraction of sp³-hybridized carbons (Fsp3) is 0.923. The fourth-order valence-electron chi connectivity index (χ4n) is 2.58. The lowest BCUT2D eigenvalue weighted by atomic mass is 10.0. The number of carbonyl (C=O) groups excluding carboxylic acids is 1. The number of rotatable bonds is 6. The number of hydrogen-bond acceptors (Lipinski definition) is 3. The highest BCUT2D eigenvalue weighted by Gasteiger charge is 2.32. The van der Waals surface area contributed by atoms with Crippen molar-refractivity contribution in [3.05, 3.63) is 0 Å². The van der Waals surface area contributed by atoms with Crippen molar-refractivity contribution in [1.82, 2.24) is 10.2 Å². The third-order valence-electron chi connectivity index (χ3n) is 3.73. The van der Waals surface area contributed by atoms with Gasteiger partial charge in [-0.2, -0.15) is 0 Å². The van der Waals surface area contributed by atoms with Crippen LogP contribution in [0, 0.1) is 5.92 Å². The van der Waals surface area contributed by atoms with Gasteiger partial charge < -0.3 is 5.32 Å². The van der Waals surface area contributed by atoms with Crippen LogP contribution in [0.5, 0.6) is 0 Å². The molecule has 0 atom stereocenters. The molecular formula is C13H24N2O. The third-order valence-corrected chi connectivity index (χ3v) is 3.73. The predicted molar refractivity (Wildman–Crippen MR) is 65.5 cm³/mol. The molecule has 2 aliphatic rings. The van der Waals surface area contributed by atoms with Crippen molar-refractivity contribution in [3.63, 3.8) is 0 Å². The van der Waals surface area contributed by atoms with E-state index >= 15 is 0 Å². The molecule has 92 valence electrons. The van der Waals surface area contributed by atoms with Crippen molar-refractivity contribution in [2.24, 2.45) is 5.92 Å². The highest BCUT2D eigenvalue weighted by molar-refractivity contribution is 5.85. The van der Waals surface area contributed by atoms with Crippen LogP contribution in [0.15, 0.2) is 0 Å². The topological polar surface area (TPSA) is 32.3 Å². The van der Waals surface area contributed by atoms with E-state index in [0.717, 1.165) is 38.9 Å². The molecule has 0 aromatic rings. The summed E-state index contributed by atoms with van der Waals surface area (Å²) in [6.45, 7) is 6.23. The zero-order chi connectivity index (χ0) is 11.4. The molecule has 3 heteroatoms. The lowest BCUT2D eigenvalue weighted by molar-refractivity contribution is -0.122. The van der Waals surface area contributed by atoms with E-state index in [0.29, 0.717) is 24.3 Å². The van der Waals surface area contributed by atoms with Gasteiger partial charge >= 0.3 is 0 Å². The van der Waals surface area contributed by atoms with Gasteiger partial charge in [-0.1, -0.05) is 6.92 Å². The first-order chi connectivity index (χ1) is 7.81. The molecule has 3 nitrogen and oxygen atoms in total. The summed E-state index contributed by atoms with van der Waals surface area (Å²) in [6.07, 6.45) is 5.85. The average Bonchev–Trinajstić information content (AvgIpc) is 3.13. The Hall–Kier alpha value is -0.410. The standard InChI is InChI=1S/C13H24N2O/c1-2-9-15(10-13(16)11-3-4-11)12-5-7-14-8-6-12/h11-12,14H,2-10H2,1H3. The second-order valence-corrected chi connectivity index (χ2v) is 5.19. The van der Waals surface area contributed by atoms with Crippen LogP contribution in [0.1, 0.15) is 39.0 Å².